The van der Waals surface area contributed by atoms with Gasteiger partial charge in [-0.25, -0.2) is 14.8 Å². The highest BCUT2D eigenvalue weighted by atomic mass is 16.4. The summed E-state index contributed by atoms with van der Waals surface area (Å²) < 4.78 is 0. The Kier molecular flexibility index (Phi) is 4.89. The number of aryl methyl sites for hydroxylation is 1. The van der Waals surface area contributed by atoms with Gasteiger partial charge in [-0.15, -0.1) is 0 Å². The molecule has 0 unspecified atom stereocenters. The molecule has 3 N–H and O–H groups in total. The number of benzene rings is 2. The van der Waals surface area contributed by atoms with E-state index in [1.54, 1.807) is 30.3 Å². The lowest BCUT2D eigenvalue weighted by atomic mass is 10.1. The number of hydrogen-bond acceptors (Lipinski definition) is 5. The van der Waals surface area contributed by atoms with Crippen LogP contribution < -0.4 is 10.6 Å². The minimum atomic E-state index is -0.994. The summed E-state index contributed by atoms with van der Waals surface area (Å²) in [5, 5.41) is 15.5. The van der Waals surface area contributed by atoms with Crippen molar-refractivity contribution >= 4 is 29.0 Å². The van der Waals surface area contributed by atoms with Gasteiger partial charge in [-0.05, 0) is 36.2 Å². The van der Waals surface area contributed by atoms with Crippen LogP contribution in [0.15, 0.2) is 60.9 Å². The van der Waals surface area contributed by atoms with E-state index in [-0.39, 0.29) is 5.56 Å². The molecule has 0 saturated heterocycles. The molecule has 0 saturated carbocycles. The third-order valence-electron chi connectivity index (χ3n) is 3.72. The maximum Gasteiger partial charge on any atom is 0.337 e. The third-order valence-corrected chi connectivity index (χ3v) is 3.72. The summed E-state index contributed by atoms with van der Waals surface area (Å²) in [5.41, 5.74) is 2.85. The zero-order chi connectivity index (χ0) is 17.6. The SMILES string of the molecule is CCc1ccc(Nc2cc(Nc3ccccc3C(=O)O)ncn2)cc1. The van der Waals surface area contributed by atoms with Crippen molar-refractivity contribution in [1.29, 1.82) is 0 Å². The van der Waals surface area contributed by atoms with Crippen LogP contribution in [0.4, 0.5) is 23.0 Å². The standard InChI is InChI=1S/C19H18N4O2/c1-2-13-7-9-14(10-8-13)22-17-11-18(21-12-20-17)23-16-6-4-3-5-15(16)19(24)25/h3-12H,2H2,1H3,(H,24,25)(H2,20,21,22,23). The molecule has 25 heavy (non-hydrogen) atoms. The first-order valence-electron chi connectivity index (χ1n) is 7.93. The number of nitrogens with zero attached hydrogens (tertiary/aromatic N) is 2. The van der Waals surface area contributed by atoms with Gasteiger partial charge in [0.25, 0.3) is 0 Å². The van der Waals surface area contributed by atoms with E-state index < -0.39 is 5.97 Å². The Labute approximate surface area is 145 Å². The molecule has 0 amide bonds. The van der Waals surface area contributed by atoms with E-state index in [0.29, 0.717) is 17.3 Å². The predicted octanol–water partition coefficient (Wildman–Crippen LogP) is 4.22. The molecule has 1 aromatic heterocycles. The van der Waals surface area contributed by atoms with Crippen LogP contribution in [0.2, 0.25) is 0 Å². The summed E-state index contributed by atoms with van der Waals surface area (Å²) in [6.45, 7) is 2.11. The number of hydrogen-bond donors (Lipinski definition) is 3. The third kappa shape index (κ3) is 4.11. The minimum absolute atomic E-state index is 0.186. The highest BCUT2D eigenvalue weighted by molar-refractivity contribution is 5.95. The molecule has 3 rings (SSSR count). The second-order valence-corrected chi connectivity index (χ2v) is 5.44. The molecule has 126 valence electrons. The van der Waals surface area contributed by atoms with Crippen LogP contribution >= 0.6 is 0 Å². The first kappa shape index (κ1) is 16.4. The molecule has 6 heteroatoms. The van der Waals surface area contributed by atoms with Gasteiger partial charge in [0.2, 0.25) is 0 Å². The molecule has 0 aliphatic carbocycles. The van der Waals surface area contributed by atoms with Crippen molar-refractivity contribution in [1.82, 2.24) is 9.97 Å². The van der Waals surface area contributed by atoms with Crippen molar-refractivity contribution in [2.75, 3.05) is 10.6 Å². The van der Waals surface area contributed by atoms with Gasteiger partial charge >= 0.3 is 5.97 Å². The molecule has 2 aromatic carbocycles. The zero-order valence-corrected chi connectivity index (χ0v) is 13.7. The maximum absolute atomic E-state index is 11.3. The van der Waals surface area contributed by atoms with E-state index in [0.717, 1.165) is 12.1 Å². The summed E-state index contributed by atoms with van der Waals surface area (Å²) in [7, 11) is 0. The van der Waals surface area contributed by atoms with Gasteiger partial charge in [-0.1, -0.05) is 31.2 Å². The van der Waals surface area contributed by atoms with Gasteiger partial charge < -0.3 is 15.7 Å². The minimum Gasteiger partial charge on any atom is -0.478 e. The monoisotopic (exact) mass is 334 g/mol. The smallest absolute Gasteiger partial charge is 0.337 e. The van der Waals surface area contributed by atoms with E-state index in [9.17, 15) is 9.90 Å². The van der Waals surface area contributed by atoms with Gasteiger partial charge in [0.15, 0.2) is 0 Å². The average molecular weight is 334 g/mol. The zero-order valence-electron chi connectivity index (χ0n) is 13.7. The first-order chi connectivity index (χ1) is 12.2. The van der Waals surface area contributed by atoms with Gasteiger partial charge in [-0.2, -0.15) is 0 Å². The van der Waals surface area contributed by atoms with Crippen LogP contribution in [0.1, 0.15) is 22.8 Å². The summed E-state index contributed by atoms with van der Waals surface area (Å²) >= 11 is 0. The Hall–Kier alpha value is -3.41. The second kappa shape index (κ2) is 7.44. The van der Waals surface area contributed by atoms with Gasteiger partial charge in [0, 0.05) is 11.8 Å². The maximum atomic E-state index is 11.3. The topological polar surface area (TPSA) is 87.1 Å². The number of nitrogens with one attached hydrogen (secondary N) is 2. The predicted molar refractivity (Wildman–Crippen MR) is 97.8 cm³/mol. The lowest BCUT2D eigenvalue weighted by molar-refractivity contribution is 0.0698. The number of carbonyl (C=O) groups is 1. The molecule has 3 aromatic rings. The molecule has 0 fully saturated rings. The van der Waals surface area contributed by atoms with E-state index >= 15 is 0 Å². The van der Waals surface area contributed by atoms with Crippen LogP contribution in [0.5, 0.6) is 0 Å². The van der Waals surface area contributed by atoms with Gasteiger partial charge in [-0.3, -0.25) is 0 Å². The molecular formula is C19H18N4O2. The molecule has 0 aliphatic heterocycles. The Morgan fingerprint density at radius 2 is 1.68 bits per heavy atom. The second-order valence-electron chi connectivity index (χ2n) is 5.44. The van der Waals surface area contributed by atoms with Crippen molar-refractivity contribution in [2.45, 2.75) is 13.3 Å². The Morgan fingerprint density at radius 3 is 2.36 bits per heavy atom. The number of anilines is 4. The summed E-state index contributed by atoms with van der Waals surface area (Å²) in [6.07, 6.45) is 2.42. The molecule has 1 heterocycles. The highest BCUT2D eigenvalue weighted by Gasteiger charge is 2.10. The molecule has 0 radical (unpaired) electrons. The number of rotatable bonds is 6. The van der Waals surface area contributed by atoms with E-state index in [1.165, 1.54) is 11.9 Å². The van der Waals surface area contributed by atoms with E-state index in [1.807, 2.05) is 12.1 Å². The van der Waals surface area contributed by atoms with E-state index in [2.05, 4.69) is 39.7 Å². The Morgan fingerprint density at radius 1 is 1.00 bits per heavy atom. The van der Waals surface area contributed by atoms with Crippen LogP contribution in [0, 0.1) is 0 Å². The van der Waals surface area contributed by atoms with Gasteiger partial charge in [0.05, 0.1) is 11.3 Å². The quantitative estimate of drug-likeness (QED) is 0.625. The van der Waals surface area contributed by atoms with Crippen LogP contribution in [-0.4, -0.2) is 21.0 Å². The fourth-order valence-corrected chi connectivity index (χ4v) is 2.38. The van der Waals surface area contributed by atoms with E-state index in [4.69, 9.17) is 0 Å². The fourth-order valence-electron chi connectivity index (χ4n) is 2.38. The molecule has 0 aliphatic rings. The molecule has 0 bridgehead atoms. The summed E-state index contributed by atoms with van der Waals surface area (Å²) in [4.78, 5) is 19.6. The number of carboxylic acid groups (broad SMARTS) is 1. The van der Waals surface area contributed by atoms with Crippen molar-refractivity contribution in [3.63, 3.8) is 0 Å². The molecule has 0 spiro atoms. The van der Waals surface area contributed by atoms with Crippen molar-refractivity contribution < 1.29 is 9.90 Å². The largest absolute Gasteiger partial charge is 0.478 e. The fraction of sp³-hybridized carbons (Fsp3) is 0.105. The normalized spacial score (nSPS) is 10.3. The van der Waals surface area contributed by atoms with Crippen LogP contribution in [-0.2, 0) is 6.42 Å². The molecule has 6 nitrogen and oxygen atoms in total. The lowest BCUT2D eigenvalue weighted by Crippen LogP contribution is -2.04. The van der Waals surface area contributed by atoms with Crippen LogP contribution in [0.3, 0.4) is 0 Å². The number of para-hydroxylation sites is 1. The number of aromatic carboxylic acids is 1. The lowest BCUT2D eigenvalue weighted by Gasteiger charge is -2.10. The van der Waals surface area contributed by atoms with Crippen molar-refractivity contribution in [3.05, 3.63) is 72.1 Å². The Balaban J connectivity index is 1.78. The average Bonchev–Trinajstić information content (AvgIpc) is 2.63. The molecule has 0 atom stereocenters. The summed E-state index contributed by atoms with van der Waals surface area (Å²) in [5.74, 6) is 0.137. The van der Waals surface area contributed by atoms with Crippen LogP contribution in [0.25, 0.3) is 0 Å². The number of aromatic nitrogens is 2. The highest BCUT2D eigenvalue weighted by Crippen LogP contribution is 2.22. The first-order valence-corrected chi connectivity index (χ1v) is 7.93. The number of carboxylic acids is 1. The van der Waals surface area contributed by atoms with Crippen molar-refractivity contribution in [3.8, 4) is 0 Å². The van der Waals surface area contributed by atoms with Crippen molar-refractivity contribution in [2.24, 2.45) is 0 Å². The molecular weight excluding hydrogens is 316 g/mol. The Bertz CT molecular complexity index is 879. The summed E-state index contributed by atoms with van der Waals surface area (Å²) in [6, 6.07) is 16.5. The van der Waals surface area contributed by atoms with Gasteiger partial charge in [0.1, 0.15) is 18.0 Å².